The average molecular weight is 201 g/mol. The summed E-state index contributed by atoms with van der Waals surface area (Å²) < 4.78 is 0. The topological polar surface area (TPSA) is 66.4 Å². The molecule has 0 spiro atoms. The fourth-order valence-corrected chi connectivity index (χ4v) is 1.27. The number of rotatable bonds is 6. The molecule has 4 heteroatoms. The summed E-state index contributed by atoms with van der Waals surface area (Å²) in [6, 6.07) is 0.0681. The van der Waals surface area contributed by atoms with Crippen molar-refractivity contribution in [2.75, 3.05) is 0 Å². The molecule has 0 aromatic rings. The van der Waals surface area contributed by atoms with Gasteiger partial charge in [0, 0.05) is 12.5 Å². The van der Waals surface area contributed by atoms with Gasteiger partial charge < -0.3 is 10.4 Å². The first-order valence-corrected chi connectivity index (χ1v) is 4.99. The number of hydrogen-bond acceptors (Lipinski definition) is 2. The predicted molar refractivity (Wildman–Crippen MR) is 53.9 cm³/mol. The molecular weight excluding hydrogens is 182 g/mol. The molecular formula is C10H19NO3. The molecule has 0 radical (unpaired) electrons. The van der Waals surface area contributed by atoms with E-state index in [1.165, 1.54) is 0 Å². The van der Waals surface area contributed by atoms with E-state index in [1.807, 2.05) is 20.8 Å². The van der Waals surface area contributed by atoms with Crippen molar-refractivity contribution >= 4 is 11.9 Å². The molecule has 0 heterocycles. The van der Waals surface area contributed by atoms with Crippen LogP contribution in [0.2, 0.25) is 0 Å². The van der Waals surface area contributed by atoms with Gasteiger partial charge in [0.25, 0.3) is 0 Å². The normalized spacial score (nSPS) is 12.6. The van der Waals surface area contributed by atoms with Crippen LogP contribution in [0.15, 0.2) is 0 Å². The van der Waals surface area contributed by atoms with Gasteiger partial charge in [-0.05, 0) is 20.3 Å². The summed E-state index contributed by atoms with van der Waals surface area (Å²) in [5.41, 5.74) is 0. The van der Waals surface area contributed by atoms with Gasteiger partial charge >= 0.3 is 5.97 Å². The van der Waals surface area contributed by atoms with Gasteiger partial charge in [0.1, 0.15) is 0 Å². The number of nitrogens with one attached hydrogen (secondary N) is 1. The van der Waals surface area contributed by atoms with Crippen LogP contribution in [0.4, 0.5) is 0 Å². The molecule has 1 atom stereocenters. The van der Waals surface area contributed by atoms with Crippen molar-refractivity contribution in [1.29, 1.82) is 0 Å². The summed E-state index contributed by atoms with van der Waals surface area (Å²) in [5, 5.41) is 11.5. The molecule has 0 aliphatic carbocycles. The predicted octanol–water partition coefficient (Wildman–Crippen LogP) is 1.40. The van der Waals surface area contributed by atoms with Crippen LogP contribution in [-0.2, 0) is 9.59 Å². The third-order valence-corrected chi connectivity index (χ3v) is 1.87. The van der Waals surface area contributed by atoms with Crippen molar-refractivity contribution in [2.45, 2.75) is 46.1 Å². The Labute approximate surface area is 84.7 Å². The van der Waals surface area contributed by atoms with E-state index in [1.54, 1.807) is 0 Å². The number of carboxylic acid groups (broad SMARTS) is 1. The standard InChI is InChI=1S/C10H19NO3/c1-4-5-8(10(13)14)6-9(12)11-7(2)3/h7-8H,4-6H2,1-3H3,(H,11,12)(H,13,14). The van der Waals surface area contributed by atoms with E-state index in [2.05, 4.69) is 5.32 Å². The van der Waals surface area contributed by atoms with Gasteiger partial charge in [0.05, 0.1) is 5.92 Å². The zero-order valence-electron chi connectivity index (χ0n) is 9.04. The lowest BCUT2D eigenvalue weighted by molar-refractivity contribution is -0.144. The molecule has 14 heavy (non-hydrogen) atoms. The maximum atomic E-state index is 11.3. The Kier molecular flexibility index (Phi) is 5.92. The number of hydrogen-bond donors (Lipinski definition) is 2. The van der Waals surface area contributed by atoms with E-state index in [0.29, 0.717) is 6.42 Å². The van der Waals surface area contributed by atoms with Gasteiger partial charge in [-0.25, -0.2) is 0 Å². The summed E-state index contributed by atoms with van der Waals surface area (Å²) in [6.45, 7) is 5.62. The number of carbonyl (C=O) groups is 2. The van der Waals surface area contributed by atoms with E-state index in [4.69, 9.17) is 5.11 Å². The van der Waals surface area contributed by atoms with E-state index in [9.17, 15) is 9.59 Å². The molecule has 82 valence electrons. The quantitative estimate of drug-likeness (QED) is 0.682. The third kappa shape index (κ3) is 5.56. The summed E-state index contributed by atoms with van der Waals surface area (Å²) in [4.78, 5) is 22.0. The molecule has 0 aromatic heterocycles. The first-order chi connectivity index (χ1) is 6.47. The highest BCUT2D eigenvalue weighted by Crippen LogP contribution is 2.11. The molecule has 0 rings (SSSR count). The number of aliphatic carboxylic acids is 1. The lowest BCUT2D eigenvalue weighted by Gasteiger charge is -2.12. The Hall–Kier alpha value is -1.06. The lowest BCUT2D eigenvalue weighted by atomic mass is 9.99. The largest absolute Gasteiger partial charge is 0.481 e. The Morgan fingerprint density at radius 1 is 1.36 bits per heavy atom. The Bertz CT molecular complexity index is 202. The van der Waals surface area contributed by atoms with Crippen LogP contribution in [0, 0.1) is 5.92 Å². The minimum Gasteiger partial charge on any atom is -0.481 e. The molecule has 1 amide bonds. The molecule has 0 saturated heterocycles. The van der Waals surface area contributed by atoms with Crippen LogP contribution in [-0.4, -0.2) is 23.0 Å². The molecule has 0 bridgehead atoms. The zero-order chi connectivity index (χ0) is 11.1. The van der Waals surface area contributed by atoms with Gasteiger partial charge in [0.15, 0.2) is 0 Å². The number of carboxylic acids is 1. The van der Waals surface area contributed by atoms with Gasteiger partial charge in [-0.3, -0.25) is 9.59 Å². The van der Waals surface area contributed by atoms with E-state index in [-0.39, 0.29) is 18.4 Å². The second-order valence-corrected chi connectivity index (χ2v) is 3.75. The monoisotopic (exact) mass is 201 g/mol. The van der Waals surface area contributed by atoms with Gasteiger partial charge in [-0.2, -0.15) is 0 Å². The van der Waals surface area contributed by atoms with Crippen LogP contribution >= 0.6 is 0 Å². The van der Waals surface area contributed by atoms with Crippen molar-refractivity contribution in [3.8, 4) is 0 Å². The summed E-state index contributed by atoms with van der Waals surface area (Å²) in [5.74, 6) is -1.61. The van der Waals surface area contributed by atoms with Crippen LogP contribution in [0.3, 0.4) is 0 Å². The van der Waals surface area contributed by atoms with Crippen molar-refractivity contribution in [3.05, 3.63) is 0 Å². The van der Waals surface area contributed by atoms with Crippen LogP contribution in [0.5, 0.6) is 0 Å². The fraction of sp³-hybridized carbons (Fsp3) is 0.800. The molecule has 1 unspecified atom stereocenters. The van der Waals surface area contributed by atoms with Crippen LogP contribution in [0.25, 0.3) is 0 Å². The van der Waals surface area contributed by atoms with E-state index >= 15 is 0 Å². The maximum Gasteiger partial charge on any atom is 0.307 e. The molecule has 0 saturated carbocycles. The van der Waals surface area contributed by atoms with Crippen molar-refractivity contribution in [3.63, 3.8) is 0 Å². The molecule has 4 nitrogen and oxygen atoms in total. The van der Waals surface area contributed by atoms with Crippen LogP contribution in [0.1, 0.15) is 40.0 Å². The Morgan fingerprint density at radius 2 is 1.93 bits per heavy atom. The van der Waals surface area contributed by atoms with Gasteiger partial charge in [-0.15, -0.1) is 0 Å². The maximum absolute atomic E-state index is 11.3. The highest BCUT2D eigenvalue weighted by molar-refractivity contribution is 5.82. The molecule has 0 aromatic carbocycles. The van der Waals surface area contributed by atoms with E-state index in [0.717, 1.165) is 6.42 Å². The number of carbonyl (C=O) groups excluding carboxylic acids is 1. The van der Waals surface area contributed by atoms with Crippen molar-refractivity contribution in [2.24, 2.45) is 5.92 Å². The smallest absolute Gasteiger partial charge is 0.307 e. The molecule has 0 aliphatic rings. The summed E-state index contributed by atoms with van der Waals surface area (Å²) in [7, 11) is 0. The Morgan fingerprint density at radius 3 is 2.29 bits per heavy atom. The minimum absolute atomic E-state index is 0.0681. The zero-order valence-corrected chi connectivity index (χ0v) is 9.04. The molecule has 0 aliphatic heterocycles. The first-order valence-electron chi connectivity index (χ1n) is 4.99. The lowest BCUT2D eigenvalue weighted by Crippen LogP contribution is -2.33. The highest BCUT2D eigenvalue weighted by atomic mass is 16.4. The molecule has 2 N–H and O–H groups in total. The van der Waals surface area contributed by atoms with Crippen LogP contribution < -0.4 is 5.32 Å². The fourth-order valence-electron chi connectivity index (χ4n) is 1.27. The third-order valence-electron chi connectivity index (χ3n) is 1.87. The van der Waals surface area contributed by atoms with Gasteiger partial charge in [-0.1, -0.05) is 13.3 Å². The summed E-state index contributed by atoms with van der Waals surface area (Å²) in [6.07, 6.45) is 1.42. The molecule has 0 fully saturated rings. The second kappa shape index (κ2) is 6.40. The van der Waals surface area contributed by atoms with Crippen molar-refractivity contribution in [1.82, 2.24) is 5.32 Å². The Balaban J connectivity index is 4.02. The highest BCUT2D eigenvalue weighted by Gasteiger charge is 2.20. The SMILES string of the molecule is CCCC(CC(=O)NC(C)C)C(=O)O. The minimum atomic E-state index is -0.884. The van der Waals surface area contributed by atoms with E-state index < -0.39 is 11.9 Å². The van der Waals surface area contributed by atoms with Crippen molar-refractivity contribution < 1.29 is 14.7 Å². The summed E-state index contributed by atoms with van der Waals surface area (Å²) >= 11 is 0. The first kappa shape index (κ1) is 12.9. The average Bonchev–Trinajstić information content (AvgIpc) is 2.01. The number of amides is 1. The van der Waals surface area contributed by atoms with Gasteiger partial charge in [0.2, 0.25) is 5.91 Å². The second-order valence-electron chi connectivity index (χ2n) is 3.75.